The smallest absolute Gasteiger partial charge is 0.281 e. The lowest BCUT2D eigenvalue weighted by atomic mass is 10.1. The largest absolute Gasteiger partial charge is 0.376 e. The van der Waals surface area contributed by atoms with Gasteiger partial charge in [0.2, 0.25) is 0 Å². The zero-order chi connectivity index (χ0) is 14.8. The summed E-state index contributed by atoms with van der Waals surface area (Å²) in [4.78, 5) is 16.5. The highest BCUT2D eigenvalue weighted by molar-refractivity contribution is 5.64. The Hall–Kier alpha value is -1.94. The summed E-state index contributed by atoms with van der Waals surface area (Å²) >= 11 is 0. The van der Waals surface area contributed by atoms with Gasteiger partial charge >= 0.3 is 0 Å². The summed E-state index contributed by atoms with van der Waals surface area (Å²) in [5.41, 5.74) is 2.43. The van der Waals surface area contributed by atoms with Crippen LogP contribution in [0, 0.1) is 13.8 Å². The Morgan fingerprint density at radius 3 is 2.71 bits per heavy atom. The average molecular weight is 284 g/mol. The number of hydrogen-bond acceptors (Lipinski definition) is 3. The van der Waals surface area contributed by atoms with E-state index in [9.17, 15) is 4.79 Å². The molecular weight excluding hydrogens is 264 g/mol. The molecule has 21 heavy (non-hydrogen) atoms. The van der Waals surface area contributed by atoms with Crippen molar-refractivity contribution in [1.29, 1.82) is 0 Å². The van der Waals surface area contributed by atoms with Crippen molar-refractivity contribution in [2.24, 2.45) is 0 Å². The molecule has 0 amide bonds. The van der Waals surface area contributed by atoms with Crippen LogP contribution >= 0.6 is 0 Å². The van der Waals surface area contributed by atoms with E-state index in [4.69, 9.17) is 4.74 Å². The summed E-state index contributed by atoms with van der Waals surface area (Å²) in [6.07, 6.45) is 2.42. The van der Waals surface area contributed by atoms with Crippen molar-refractivity contribution in [1.82, 2.24) is 9.55 Å². The molecule has 1 aromatic carbocycles. The average Bonchev–Trinajstić information content (AvgIpc) is 2.97. The molecule has 4 nitrogen and oxygen atoms in total. The molecule has 110 valence electrons. The number of aromatic nitrogens is 2. The molecule has 0 unspecified atom stereocenters. The highest BCUT2D eigenvalue weighted by Crippen LogP contribution is 2.21. The van der Waals surface area contributed by atoms with Crippen LogP contribution in [0.1, 0.15) is 24.4 Å². The fraction of sp³-hybridized carbons (Fsp3) is 0.412. The summed E-state index contributed by atoms with van der Waals surface area (Å²) in [5.74, 6) is 0.757. The van der Waals surface area contributed by atoms with Crippen LogP contribution in [0.4, 0.5) is 0 Å². The summed E-state index contributed by atoms with van der Waals surface area (Å²) < 4.78 is 7.83. The lowest BCUT2D eigenvalue weighted by Gasteiger charge is -2.19. The Kier molecular flexibility index (Phi) is 3.88. The molecule has 3 rings (SSSR count). The molecule has 1 aliphatic heterocycles. The normalized spacial score (nSPS) is 18.1. The molecule has 0 bridgehead atoms. The van der Waals surface area contributed by atoms with Gasteiger partial charge in [-0.25, -0.2) is 0 Å². The highest BCUT2D eigenvalue weighted by Gasteiger charge is 2.20. The molecule has 4 heteroatoms. The van der Waals surface area contributed by atoms with Gasteiger partial charge in [0.25, 0.3) is 5.56 Å². The minimum Gasteiger partial charge on any atom is -0.376 e. The Morgan fingerprint density at radius 2 is 2.05 bits per heavy atom. The van der Waals surface area contributed by atoms with E-state index in [2.05, 4.69) is 9.55 Å². The first kappa shape index (κ1) is 14.0. The van der Waals surface area contributed by atoms with Crippen molar-refractivity contribution in [3.63, 3.8) is 0 Å². The zero-order valence-corrected chi connectivity index (χ0v) is 12.5. The number of ether oxygens (including phenoxy) is 1. The first-order valence-corrected chi connectivity index (χ1v) is 7.42. The molecule has 0 spiro atoms. The lowest BCUT2D eigenvalue weighted by molar-refractivity contribution is 0.0956. The molecular formula is C17H20N2O2. The summed E-state index contributed by atoms with van der Waals surface area (Å²) in [6.45, 7) is 5.48. The van der Waals surface area contributed by atoms with Gasteiger partial charge < -0.3 is 9.30 Å². The van der Waals surface area contributed by atoms with E-state index in [0.29, 0.717) is 5.56 Å². The van der Waals surface area contributed by atoms with Gasteiger partial charge in [-0.05, 0) is 32.3 Å². The third-order valence-electron chi connectivity index (χ3n) is 4.11. The van der Waals surface area contributed by atoms with Gasteiger partial charge in [-0.1, -0.05) is 30.3 Å². The zero-order valence-electron chi connectivity index (χ0n) is 12.5. The SMILES string of the molecule is Cc1nc(=O)c(-c2ccccc2)c(C)n1C[C@@H]1CCCO1. The third kappa shape index (κ3) is 2.76. The van der Waals surface area contributed by atoms with Gasteiger partial charge in [0.15, 0.2) is 0 Å². The van der Waals surface area contributed by atoms with E-state index in [1.165, 1.54) is 0 Å². The molecule has 2 aromatic rings. The first-order valence-electron chi connectivity index (χ1n) is 7.42. The molecule has 0 aliphatic carbocycles. The maximum Gasteiger partial charge on any atom is 0.281 e. The number of benzene rings is 1. The van der Waals surface area contributed by atoms with Crippen molar-refractivity contribution in [2.75, 3.05) is 6.61 Å². The van der Waals surface area contributed by atoms with Gasteiger partial charge in [-0.3, -0.25) is 4.79 Å². The lowest BCUT2D eigenvalue weighted by Crippen LogP contribution is -2.25. The van der Waals surface area contributed by atoms with Crippen LogP contribution in [0.15, 0.2) is 35.1 Å². The maximum absolute atomic E-state index is 12.3. The van der Waals surface area contributed by atoms with E-state index < -0.39 is 0 Å². The van der Waals surface area contributed by atoms with Crippen molar-refractivity contribution < 1.29 is 4.74 Å². The van der Waals surface area contributed by atoms with Crippen LogP contribution in [0.3, 0.4) is 0 Å². The molecule has 0 saturated carbocycles. The van der Waals surface area contributed by atoms with E-state index in [-0.39, 0.29) is 11.7 Å². The Morgan fingerprint density at radius 1 is 1.29 bits per heavy atom. The molecule has 1 fully saturated rings. The second-order valence-electron chi connectivity index (χ2n) is 5.54. The van der Waals surface area contributed by atoms with Crippen LogP contribution in [0.2, 0.25) is 0 Å². The van der Waals surface area contributed by atoms with E-state index >= 15 is 0 Å². The molecule has 1 aromatic heterocycles. The standard InChI is InChI=1S/C17H20N2O2/c1-12-16(14-7-4-3-5-8-14)17(20)18-13(2)19(12)11-15-9-6-10-21-15/h3-5,7-8,15H,6,9-11H2,1-2H3/t15-/m0/s1. The van der Waals surface area contributed by atoms with Gasteiger partial charge in [-0.15, -0.1) is 0 Å². The summed E-state index contributed by atoms with van der Waals surface area (Å²) in [5, 5.41) is 0. The second kappa shape index (κ2) is 5.82. The quantitative estimate of drug-likeness (QED) is 0.870. The first-order chi connectivity index (χ1) is 10.2. The number of nitrogens with zero attached hydrogens (tertiary/aromatic N) is 2. The maximum atomic E-state index is 12.3. The minimum atomic E-state index is -0.153. The van der Waals surface area contributed by atoms with E-state index in [0.717, 1.165) is 43.1 Å². The van der Waals surface area contributed by atoms with Crippen molar-refractivity contribution in [3.8, 4) is 11.1 Å². The van der Waals surface area contributed by atoms with Gasteiger partial charge in [0, 0.05) is 12.3 Å². The summed E-state index contributed by atoms with van der Waals surface area (Å²) in [6, 6.07) is 9.75. The fourth-order valence-corrected chi connectivity index (χ4v) is 2.99. The van der Waals surface area contributed by atoms with Gasteiger partial charge in [-0.2, -0.15) is 4.98 Å². The molecule has 1 atom stereocenters. The monoisotopic (exact) mass is 284 g/mol. The van der Waals surface area contributed by atoms with Gasteiger partial charge in [0.05, 0.1) is 18.2 Å². The van der Waals surface area contributed by atoms with Crippen LogP contribution in [-0.2, 0) is 11.3 Å². The molecule has 1 aliphatic rings. The molecule has 2 heterocycles. The predicted molar refractivity (Wildman–Crippen MR) is 82.4 cm³/mol. The van der Waals surface area contributed by atoms with Gasteiger partial charge in [0.1, 0.15) is 5.82 Å². The van der Waals surface area contributed by atoms with Crippen molar-refractivity contribution in [3.05, 3.63) is 52.2 Å². The number of rotatable bonds is 3. The Labute approximate surface area is 124 Å². The highest BCUT2D eigenvalue weighted by atomic mass is 16.5. The van der Waals surface area contributed by atoms with Crippen LogP contribution in [-0.4, -0.2) is 22.3 Å². The third-order valence-corrected chi connectivity index (χ3v) is 4.11. The van der Waals surface area contributed by atoms with Crippen molar-refractivity contribution >= 4 is 0 Å². The Bertz CT molecular complexity index is 686. The second-order valence-corrected chi connectivity index (χ2v) is 5.54. The van der Waals surface area contributed by atoms with Crippen LogP contribution < -0.4 is 5.56 Å². The predicted octanol–water partition coefficient (Wildman–Crippen LogP) is 2.71. The molecule has 0 radical (unpaired) electrons. The molecule has 0 N–H and O–H groups in total. The molecule has 1 saturated heterocycles. The van der Waals surface area contributed by atoms with Crippen molar-refractivity contribution in [2.45, 2.75) is 39.3 Å². The van der Waals surface area contributed by atoms with Crippen LogP contribution in [0.5, 0.6) is 0 Å². The van der Waals surface area contributed by atoms with E-state index in [1.807, 2.05) is 44.2 Å². The summed E-state index contributed by atoms with van der Waals surface area (Å²) in [7, 11) is 0. The minimum absolute atomic E-state index is 0.153. The number of hydrogen-bond donors (Lipinski definition) is 0. The topological polar surface area (TPSA) is 44.1 Å². The van der Waals surface area contributed by atoms with Crippen LogP contribution in [0.25, 0.3) is 11.1 Å². The Balaban J connectivity index is 2.06. The number of aryl methyl sites for hydroxylation is 1. The fourth-order valence-electron chi connectivity index (χ4n) is 2.99. The van der Waals surface area contributed by atoms with E-state index in [1.54, 1.807) is 0 Å².